The molecule has 2 unspecified atom stereocenters. The summed E-state index contributed by atoms with van der Waals surface area (Å²) in [5.74, 6) is 1.07. The number of fused-ring (bicyclic) bond motifs is 2. The van der Waals surface area contributed by atoms with Gasteiger partial charge in [-0.3, -0.25) is 4.79 Å². The second-order valence-corrected chi connectivity index (χ2v) is 6.60. The van der Waals surface area contributed by atoms with Crippen LogP contribution in [0.2, 0.25) is 10.0 Å². The molecule has 0 aliphatic carbocycles. The summed E-state index contributed by atoms with van der Waals surface area (Å²) in [7, 11) is 0. The molecule has 2 nitrogen and oxygen atoms in total. The first kappa shape index (κ1) is 11.7. The molecule has 0 N–H and O–H groups in total. The van der Waals surface area contributed by atoms with Crippen LogP contribution in [0.5, 0.6) is 0 Å². The highest BCUT2D eigenvalue weighted by molar-refractivity contribution is 8.00. The Kier molecular flexibility index (Phi) is 3.01. The molecule has 2 aliphatic rings. The zero-order valence-electron chi connectivity index (χ0n) is 9.03. The lowest BCUT2D eigenvalue weighted by atomic mass is 10.2. The number of halogens is 2. The number of carbonyl (C=O) groups excluding carboxylic acids is 1. The predicted molar refractivity (Wildman–Crippen MR) is 72.1 cm³/mol. The molecule has 0 radical (unpaired) electrons. The Morgan fingerprint density at radius 1 is 1.41 bits per heavy atom. The van der Waals surface area contributed by atoms with Crippen molar-refractivity contribution in [3.63, 3.8) is 0 Å². The minimum absolute atomic E-state index is 0.0188. The highest BCUT2D eigenvalue weighted by Gasteiger charge is 2.41. The lowest BCUT2D eigenvalue weighted by Crippen LogP contribution is -2.39. The van der Waals surface area contributed by atoms with E-state index < -0.39 is 0 Å². The van der Waals surface area contributed by atoms with Crippen molar-refractivity contribution in [1.82, 2.24) is 4.90 Å². The van der Waals surface area contributed by atoms with Crippen LogP contribution in [-0.2, 0) is 0 Å². The molecule has 2 saturated heterocycles. The third-order valence-corrected chi connectivity index (χ3v) is 5.27. The first-order chi connectivity index (χ1) is 8.15. The first-order valence-corrected chi connectivity index (χ1v) is 7.33. The van der Waals surface area contributed by atoms with Gasteiger partial charge in [-0.1, -0.05) is 23.2 Å². The Morgan fingerprint density at radius 3 is 2.88 bits per heavy atom. The Hall–Kier alpha value is -0.380. The van der Waals surface area contributed by atoms with Crippen molar-refractivity contribution in [1.29, 1.82) is 0 Å². The highest BCUT2D eigenvalue weighted by atomic mass is 35.5. The van der Waals surface area contributed by atoms with Crippen LogP contribution in [0.25, 0.3) is 0 Å². The molecular formula is C12H11Cl2NOS. The van der Waals surface area contributed by atoms with Gasteiger partial charge in [-0.2, -0.15) is 11.8 Å². The lowest BCUT2D eigenvalue weighted by Gasteiger charge is -2.27. The molecular weight excluding hydrogens is 277 g/mol. The van der Waals surface area contributed by atoms with Crippen LogP contribution >= 0.6 is 35.0 Å². The van der Waals surface area contributed by atoms with Crippen LogP contribution in [0.15, 0.2) is 18.2 Å². The Morgan fingerprint density at radius 2 is 2.24 bits per heavy atom. The second-order valence-electron chi connectivity index (χ2n) is 4.43. The maximum Gasteiger partial charge on any atom is 0.255 e. The van der Waals surface area contributed by atoms with Crippen molar-refractivity contribution < 1.29 is 4.79 Å². The number of hydrogen-bond donors (Lipinski definition) is 0. The monoisotopic (exact) mass is 287 g/mol. The summed E-state index contributed by atoms with van der Waals surface area (Å²) in [5, 5.41) is 1.65. The molecule has 0 saturated carbocycles. The van der Waals surface area contributed by atoms with Gasteiger partial charge in [-0.15, -0.1) is 0 Å². The zero-order chi connectivity index (χ0) is 12.0. The van der Waals surface area contributed by atoms with E-state index in [2.05, 4.69) is 0 Å². The summed E-state index contributed by atoms with van der Waals surface area (Å²) in [6.07, 6.45) is 1.12. The zero-order valence-corrected chi connectivity index (χ0v) is 11.4. The molecule has 1 aromatic rings. The summed E-state index contributed by atoms with van der Waals surface area (Å²) in [4.78, 5) is 14.3. The van der Waals surface area contributed by atoms with Crippen molar-refractivity contribution in [3.8, 4) is 0 Å². The average Bonchev–Trinajstić information content (AvgIpc) is 2.93. The van der Waals surface area contributed by atoms with Gasteiger partial charge in [-0.25, -0.2) is 0 Å². The maximum absolute atomic E-state index is 12.4. The van der Waals surface area contributed by atoms with E-state index in [1.54, 1.807) is 18.2 Å². The van der Waals surface area contributed by atoms with Gasteiger partial charge >= 0.3 is 0 Å². The van der Waals surface area contributed by atoms with Crippen LogP contribution in [0, 0.1) is 0 Å². The number of hydrogen-bond acceptors (Lipinski definition) is 2. The van der Waals surface area contributed by atoms with E-state index in [9.17, 15) is 4.79 Å². The van der Waals surface area contributed by atoms with Gasteiger partial charge in [0.1, 0.15) is 0 Å². The standard InChI is InChI=1S/C12H11Cl2NOS/c13-7-1-2-11(14)10(3-7)12(16)15-5-9-4-8(15)6-17-9/h1-3,8-9H,4-6H2. The molecule has 17 heavy (non-hydrogen) atoms. The summed E-state index contributed by atoms with van der Waals surface area (Å²) >= 11 is 13.9. The van der Waals surface area contributed by atoms with Crippen molar-refractivity contribution in [2.75, 3.05) is 12.3 Å². The average molecular weight is 288 g/mol. The van der Waals surface area contributed by atoms with E-state index in [0.29, 0.717) is 26.9 Å². The van der Waals surface area contributed by atoms with Gasteiger partial charge in [0.25, 0.3) is 5.91 Å². The van der Waals surface area contributed by atoms with Crippen molar-refractivity contribution in [3.05, 3.63) is 33.8 Å². The van der Waals surface area contributed by atoms with E-state index in [-0.39, 0.29) is 5.91 Å². The molecule has 1 amide bonds. The Bertz CT molecular complexity index is 480. The first-order valence-electron chi connectivity index (χ1n) is 5.53. The topological polar surface area (TPSA) is 20.3 Å². The SMILES string of the molecule is O=C(c1cc(Cl)ccc1Cl)N1CC2CC1CS2. The van der Waals surface area contributed by atoms with E-state index >= 15 is 0 Å². The van der Waals surface area contributed by atoms with E-state index in [1.807, 2.05) is 16.7 Å². The van der Waals surface area contributed by atoms with Crippen molar-refractivity contribution in [2.24, 2.45) is 0 Å². The lowest BCUT2D eigenvalue weighted by molar-refractivity contribution is 0.0748. The summed E-state index contributed by atoms with van der Waals surface area (Å²) in [5.41, 5.74) is 0.525. The van der Waals surface area contributed by atoms with Gasteiger partial charge in [0, 0.05) is 28.6 Å². The fraction of sp³-hybridized carbons (Fsp3) is 0.417. The van der Waals surface area contributed by atoms with Crippen LogP contribution in [0.1, 0.15) is 16.8 Å². The smallest absolute Gasteiger partial charge is 0.255 e. The van der Waals surface area contributed by atoms with Gasteiger partial charge in [0.15, 0.2) is 0 Å². The van der Waals surface area contributed by atoms with Crippen LogP contribution in [0.4, 0.5) is 0 Å². The summed E-state index contributed by atoms with van der Waals surface area (Å²) in [6, 6.07) is 5.42. The largest absolute Gasteiger partial charge is 0.334 e. The fourth-order valence-corrected chi connectivity index (χ4v) is 4.27. The predicted octanol–water partition coefficient (Wildman–Crippen LogP) is 3.32. The highest BCUT2D eigenvalue weighted by Crippen LogP contribution is 2.38. The fourth-order valence-electron chi connectivity index (χ4n) is 2.46. The maximum atomic E-state index is 12.4. The quantitative estimate of drug-likeness (QED) is 0.790. The Balaban J connectivity index is 1.89. The summed E-state index contributed by atoms with van der Waals surface area (Å²) in [6.45, 7) is 0.844. The molecule has 0 spiro atoms. The molecule has 1 aromatic carbocycles. The third-order valence-electron chi connectivity index (χ3n) is 3.32. The number of likely N-dealkylation sites (tertiary alicyclic amines) is 1. The molecule has 5 heteroatoms. The van der Waals surface area contributed by atoms with E-state index in [1.165, 1.54) is 0 Å². The minimum Gasteiger partial charge on any atom is -0.334 e. The molecule has 2 bridgehead atoms. The molecule has 2 fully saturated rings. The molecule has 2 heterocycles. The third kappa shape index (κ3) is 2.05. The molecule has 3 rings (SSSR count). The summed E-state index contributed by atoms with van der Waals surface area (Å²) < 4.78 is 0. The van der Waals surface area contributed by atoms with Crippen LogP contribution < -0.4 is 0 Å². The van der Waals surface area contributed by atoms with Gasteiger partial charge in [-0.05, 0) is 24.6 Å². The van der Waals surface area contributed by atoms with E-state index in [4.69, 9.17) is 23.2 Å². The van der Waals surface area contributed by atoms with Crippen LogP contribution in [0.3, 0.4) is 0 Å². The number of carbonyl (C=O) groups is 1. The molecule has 90 valence electrons. The normalized spacial score (nSPS) is 26.6. The van der Waals surface area contributed by atoms with Crippen LogP contribution in [-0.4, -0.2) is 34.4 Å². The molecule has 0 aromatic heterocycles. The number of rotatable bonds is 1. The van der Waals surface area contributed by atoms with Gasteiger partial charge in [0.05, 0.1) is 10.6 Å². The number of amides is 1. The second kappa shape index (κ2) is 4.38. The minimum atomic E-state index is 0.0188. The Labute approximate surface area is 114 Å². The van der Waals surface area contributed by atoms with E-state index in [0.717, 1.165) is 18.7 Å². The molecule has 2 atom stereocenters. The van der Waals surface area contributed by atoms with Gasteiger partial charge in [0.2, 0.25) is 0 Å². The van der Waals surface area contributed by atoms with Crippen molar-refractivity contribution in [2.45, 2.75) is 17.7 Å². The van der Waals surface area contributed by atoms with Crippen molar-refractivity contribution >= 4 is 40.9 Å². The van der Waals surface area contributed by atoms with Gasteiger partial charge < -0.3 is 4.90 Å². The number of nitrogens with zero attached hydrogens (tertiary/aromatic N) is 1. The number of benzene rings is 1. The molecule has 2 aliphatic heterocycles. The number of thioether (sulfide) groups is 1.